The normalized spacial score (nSPS) is 11.2. The number of aromatic nitrogens is 4. The SMILES string of the molecule is Cc1sc(NC(=O)CSc2nnc(-c3ccco3)n2C(C)C)nc1-c1ccccc1. The fourth-order valence-corrected chi connectivity index (χ4v) is 4.73. The summed E-state index contributed by atoms with van der Waals surface area (Å²) in [5, 5.41) is 12.7. The number of hydrogen-bond acceptors (Lipinski definition) is 7. The van der Waals surface area contributed by atoms with Crippen molar-refractivity contribution < 1.29 is 9.21 Å². The number of carbonyl (C=O) groups is 1. The predicted octanol–water partition coefficient (Wildman–Crippen LogP) is 5.28. The third kappa shape index (κ3) is 4.31. The van der Waals surface area contributed by atoms with Gasteiger partial charge in [0, 0.05) is 16.5 Å². The van der Waals surface area contributed by atoms with Crippen molar-refractivity contribution in [2.45, 2.75) is 32.0 Å². The highest BCUT2D eigenvalue weighted by Gasteiger charge is 2.20. The Labute approximate surface area is 182 Å². The molecule has 0 bridgehead atoms. The quantitative estimate of drug-likeness (QED) is 0.394. The van der Waals surface area contributed by atoms with Gasteiger partial charge in [-0.25, -0.2) is 4.98 Å². The van der Waals surface area contributed by atoms with Crippen LogP contribution < -0.4 is 5.32 Å². The fraction of sp³-hybridized carbons (Fsp3) is 0.238. The number of nitrogens with one attached hydrogen (secondary N) is 1. The van der Waals surface area contributed by atoms with Gasteiger partial charge in [-0.1, -0.05) is 42.1 Å². The molecule has 0 atom stereocenters. The molecule has 0 aliphatic rings. The molecule has 9 heteroatoms. The minimum absolute atomic E-state index is 0.126. The number of nitrogens with zero attached hydrogens (tertiary/aromatic N) is 4. The van der Waals surface area contributed by atoms with Crippen LogP contribution in [0.4, 0.5) is 5.13 Å². The summed E-state index contributed by atoms with van der Waals surface area (Å²) >= 11 is 2.81. The maximum atomic E-state index is 12.5. The number of furan rings is 1. The van der Waals surface area contributed by atoms with Crippen LogP contribution in [0, 0.1) is 6.92 Å². The van der Waals surface area contributed by atoms with Gasteiger partial charge in [0.1, 0.15) is 0 Å². The molecule has 0 aliphatic heterocycles. The van der Waals surface area contributed by atoms with E-state index in [4.69, 9.17) is 4.42 Å². The number of hydrogen-bond donors (Lipinski definition) is 1. The molecule has 1 amide bonds. The number of benzene rings is 1. The summed E-state index contributed by atoms with van der Waals surface area (Å²) in [5.74, 6) is 1.38. The molecule has 1 aromatic carbocycles. The molecule has 0 spiro atoms. The third-order valence-electron chi connectivity index (χ3n) is 4.35. The van der Waals surface area contributed by atoms with Gasteiger partial charge in [-0.3, -0.25) is 9.36 Å². The molecule has 7 nitrogen and oxygen atoms in total. The second kappa shape index (κ2) is 8.85. The van der Waals surface area contributed by atoms with Gasteiger partial charge in [0.15, 0.2) is 16.0 Å². The number of thioether (sulfide) groups is 1. The number of carbonyl (C=O) groups excluding carboxylic acids is 1. The van der Waals surface area contributed by atoms with Gasteiger partial charge in [-0.2, -0.15) is 0 Å². The summed E-state index contributed by atoms with van der Waals surface area (Å²) < 4.78 is 7.43. The summed E-state index contributed by atoms with van der Waals surface area (Å²) in [6, 6.07) is 13.7. The van der Waals surface area contributed by atoms with Crippen LogP contribution in [0.15, 0.2) is 58.3 Å². The largest absolute Gasteiger partial charge is 0.461 e. The van der Waals surface area contributed by atoms with Crippen LogP contribution in [0.1, 0.15) is 24.8 Å². The molecular formula is C21H21N5O2S2. The van der Waals surface area contributed by atoms with Crippen molar-refractivity contribution in [3.8, 4) is 22.8 Å². The number of anilines is 1. The highest BCUT2D eigenvalue weighted by atomic mass is 32.2. The molecule has 154 valence electrons. The average Bonchev–Trinajstić information content (AvgIpc) is 3.46. The number of amides is 1. The fourth-order valence-electron chi connectivity index (χ4n) is 3.01. The highest BCUT2D eigenvalue weighted by Crippen LogP contribution is 2.31. The molecule has 0 unspecified atom stereocenters. The summed E-state index contributed by atoms with van der Waals surface area (Å²) in [5.41, 5.74) is 1.93. The molecule has 0 radical (unpaired) electrons. The molecule has 30 heavy (non-hydrogen) atoms. The molecule has 3 heterocycles. The van der Waals surface area contributed by atoms with Gasteiger partial charge in [-0.05, 0) is 32.9 Å². The lowest BCUT2D eigenvalue weighted by Crippen LogP contribution is -2.15. The Morgan fingerprint density at radius 3 is 2.70 bits per heavy atom. The van der Waals surface area contributed by atoms with E-state index in [0.29, 0.717) is 21.9 Å². The zero-order valence-corrected chi connectivity index (χ0v) is 18.5. The number of rotatable bonds is 7. The predicted molar refractivity (Wildman–Crippen MR) is 120 cm³/mol. The molecular weight excluding hydrogens is 418 g/mol. The van der Waals surface area contributed by atoms with Crippen LogP contribution in [-0.4, -0.2) is 31.4 Å². The van der Waals surface area contributed by atoms with Crippen molar-refractivity contribution in [2.24, 2.45) is 0 Å². The Hall–Kier alpha value is -2.91. The van der Waals surface area contributed by atoms with E-state index in [9.17, 15) is 4.79 Å². The first-order chi connectivity index (χ1) is 14.5. The van der Waals surface area contributed by atoms with Gasteiger partial charge in [0.25, 0.3) is 0 Å². The Morgan fingerprint density at radius 1 is 1.20 bits per heavy atom. The lowest BCUT2D eigenvalue weighted by atomic mass is 10.1. The van der Waals surface area contributed by atoms with Crippen molar-refractivity contribution in [3.63, 3.8) is 0 Å². The van der Waals surface area contributed by atoms with Crippen LogP contribution in [-0.2, 0) is 4.79 Å². The lowest BCUT2D eigenvalue weighted by Gasteiger charge is -2.12. The first-order valence-corrected chi connectivity index (χ1v) is 11.3. The Bertz CT molecular complexity index is 1130. The van der Waals surface area contributed by atoms with Crippen molar-refractivity contribution in [3.05, 3.63) is 53.6 Å². The Kier molecular flexibility index (Phi) is 6.01. The zero-order valence-electron chi connectivity index (χ0n) is 16.8. The van der Waals surface area contributed by atoms with Crippen LogP contribution in [0.25, 0.3) is 22.8 Å². The van der Waals surface area contributed by atoms with Gasteiger partial charge in [-0.15, -0.1) is 21.5 Å². The van der Waals surface area contributed by atoms with Gasteiger partial charge in [0.2, 0.25) is 11.7 Å². The summed E-state index contributed by atoms with van der Waals surface area (Å²) in [7, 11) is 0. The van der Waals surface area contributed by atoms with E-state index >= 15 is 0 Å². The topological polar surface area (TPSA) is 85.8 Å². The summed E-state index contributed by atoms with van der Waals surface area (Å²) in [6.07, 6.45) is 1.61. The molecule has 0 saturated carbocycles. The van der Waals surface area contributed by atoms with Crippen molar-refractivity contribution >= 4 is 34.1 Å². The first-order valence-electron chi connectivity index (χ1n) is 9.47. The van der Waals surface area contributed by atoms with Crippen LogP contribution in [0.5, 0.6) is 0 Å². The molecule has 0 fully saturated rings. The highest BCUT2D eigenvalue weighted by molar-refractivity contribution is 7.99. The monoisotopic (exact) mass is 439 g/mol. The van der Waals surface area contributed by atoms with E-state index in [0.717, 1.165) is 16.1 Å². The van der Waals surface area contributed by atoms with E-state index < -0.39 is 0 Å². The first kappa shape index (κ1) is 20.4. The Balaban J connectivity index is 1.44. The number of aryl methyl sites for hydroxylation is 1. The van der Waals surface area contributed by atoms with Crippen molar-refractivity contribution in [1.82, 2.24) is 19.7 Å². The van der Waals surface area contributed by atoms with Crippen molar-refractivity contribution in [1.29, 1.82) is 0 Å². The molecule has 4 rings (SSSR count). The maximum absolute atomic E-state index is 12.5. The van der Waals surface area contributed by atoms with E-state index in [-0.39, 0.29) is 17.7 Å². The second-order valence-electron chi connectivity index (χ2n) is 6.87. The maximum Gasteiger partial charge on any atom is 0.236 e. The van der Waals surface area contributed by atoms with E-state index in [1.54, 1.807) is 6.26 Å². The van der Waals surface area contributed by atoms with Crippen LogP contribution >= 0.6 is 23.1 Å². The van der Waals surface area contributed by atoms with Gasteiger partial charge in [0.05, 0.1) is 17.7 Å². The third-order valence-corrected chi connectivity index (χ3v) is 6.17. The van der Waals surface area contributed by atoms with E-state index in [2.05, 4.69) is 20.5 Å². The minimum Gasteiger partial charge on any atom is -0.461 e. The Morgan fingerprint density at radius 2 is 2.00 bits per heavy atom. The average molecular weight is 440 g/mol. The van der Waals surface area contributed by atoms with Crippen molar-refractivity contribution in [2.75, 3.05) is 11.1 Å². The standard InChI is InChI=1S/C21H21N5O2S2/c1-13(2)26-19(16-10-7-11-28-16)24-25-21(26)29-12-17(27)22-20-23-18(14(3)30-20)15-8-5-4-6-9-15/h4-11,13H,12H2,1-3H3,(H,22,23,27). The van der Waals surface area contributed by atoms with Crippen LogP contribution in [0.3, 0.4) is 0 Å². The zero-order chi connectivity index (χ0) is 21.1. The molecule has 0 saturated heterocycles. The lowest BCUT2D eigenvalue weighted by molar-refractivity contribution is -0.113. The summed E-state index contributed by atoms with van der Waals surface area (Å²) in [6.45, 7) is 6.10. The van der Waals surface area contributed by atoms with Gasteiger partial charge >= 0.3 is 0 Å². The molecule has 4 aromatic rings. The number of thiazole rings is 1. The van der Waals surface area contributed by atoms with Gasteiger partial charge < -0.3 is 9.73 Å². The second-order valence-corrected chi connectivity index (χ2v) is 9.02. The van der Waals surface area contributed by atoms with Crippen LogP contribution in [0.2, 0.25) is 0 Å². The molecule has 3 aromatic heterocycles. The smallest absolute Gasteiger partial charge is 0.236 e. The van der Waals surface area contributed by atoms with E-state index in [1.165, 1.54) is 23.1 Å². The molecule has 1 N–H and O–H groups in total. The summed E-state index contributed by atoms with van der Waals surface area (Å²) in [4.78, 5) is 18.2. The molecule has 0 aliphatic carbocycles. The minimum atomic E-state index is -0.133. The van der Waals surface area contributed by atoms with E-state index in [1.807, 2.05) is 67.8 Å².